The number of carbonyl (C=O) groups is 2. The monoisotopic (exact) mass is 351 g/mol. The number of amides is 2. The normalized spacial score (nSPS) is 11.8. The molecule has 1 atom stereocenters. The number of thiophene rings is 1. The first kappa shape index (κ1) is 17.5. The van der Waals surface area contributed by atoms with E-state index in [9.17, 15) is 9.59 Å². The number of rotatable bonds is 6. The van der Waals surface area contributed by atoms with E-state index in [0.717, 1.165) is 0 Å². The predicted molar refractivity (Wildman–Crippen MR) is 94.6 cm³/mol. The van der Waals surface area contributed by atoms with Crippen LogP contribution in [-0.4, -0.2) is 31.4 Å². The first-order valence-electron chi connectivity index (χ1n) is 7.11. The van der Waals surface area contributed by atoms with Gasteiger partial charge in [0.05, 0.1) is 16.1 Å². The highest BCUT2D eigenvalue weighted by molar-refractivity contribution is 7.14. The summed E-state index contributed by atoms with van der Waals surface area (Å²) in [7, 11) is 1.83. The molecule has 7 heteroatoms. The smallest absolute Gasteiger partial charge is 0.257 e. The summed E-state index contributed by atoms with van der Waals surface area (Å²) in [5.74, 6) is -0.557. The molecule has 5 nitrogen and oxygen atoms in total. The Morgan fingerprint density at radius 1 is 1.17 bits per heavy atom. The third-order valence-electron chi connectivity index (χ3n) is 3.32. The minimum absolute atomic E-state index is 0.166. The number of hydrogen-bond acceptors (Lipinski definition) is 4. The van der Waals surface area contributed by atoms with Crippen LogP contribution in [-0.2, 0) is 0 Å². The molecule has 1 aromatic carbocycles. The molecule has 0 aliphatic carbocycles. The van der Waals surface area contributed by atoms with Crippen LogP contribution >= 0.6 is 22.9 Å². The minimum Gasteiger partial charge on any atom is -0.350 e. The Morgan fingerprint density at radius 3 is 2.61 bits per heavy atom. The van der Waals surface area contributed by atoms with Gasteiger partial charge in [0.1, 0.15) is 5.00 Å². The van der Waals surface area contributed by atoms with Crippen molar-refractivity contribution in [1.29, 1.82) is 0 Å². The zero-order valence-electron chi connectivity index (χ0n) is 12.9. The van der Waals surface area contributed by atoms with Gasteiger partial charge in [-0.25, -0.2) is 0 Å². The van der Waals surface area contributed by atoms with E-state index < -0.39 is 0 Å². The molecule has 1 heterocycles. The highest BCUT2D eigenvalue weighted by atomic mass is 35.5. The van der Waals surface area contributed by atoms with Crippen LogP contribution in [0, 0.1) is 0 Å². The van der Waals surface area contributed by atoms with Gasteiger partial charge in [0.15, 0.2) is 0 Å². The molecule has 1 aromatic heterocycles. The van der Waals surface area contributed by atoms with Crippen LogP contribution in [0.4, 0.5) is 5.00 Å². The van der Waals surface area contributed by atoms with E-state index in [2.05, 4.69) is 16.0 Å². The average molecular weight is 352 g/mol. The van der Waals surface area contributed by atoms with E-state index in [1.807, 2.05) is 14.0 Å². The molecule has 0 saturated heterocycles. The Bertz CT molecular complexity index is 702. The number of nitrogens with one attached hydrogen (secondary N) is 3. The van der Waals surface area contributed by atoms with Crippen LogP contribution in [0.2, 0.25) is 5.02 Å². The third kappa shape index (κ3) is 4.54. The standard InChI is InChI=1S/C16H18ClN3O2S/c1-10(18-2)9-19-14(21)12-7-8-23-16(12)20-15(22)11-5-3-4-6-13(11)17/h3-8,10,18H,9H2,1-2H3,(H,19,21)(H,20,22). The topological polar surface area (TPSA) is 70.2 Å². The molecule has 1 unspecified atom stereocenters. The van der Waals surface area contributed by atoms with Gasteiger partial charge in [-0.05, 0) is 37.6 Å². The Kier molecular flexibility index (Phi) is 6.15. The van der Waals surface area contributed by atoms with Crippen LogP contribution < -0.4 is 16.0 Å². The zero-order valence-corrected chi connectivity index (χ0v) is 14.4. The second kappa shape index (κ2) is 8.10. The van der Waals surface area contributed by atoms with Gasteiger partial charge < -0.3 is 16.0 Å². The van der Waals surface area contributed by atoms with Crippen LogP contribution in [0.15, 0.2) is 35.7 Å². The van der Waals surface area contributed by atoms with Crippen LogP contribution in [0.3, 0.4) is 0 Å². The molecule has 0 spiro atoms. The molecule has 0 aliphatic heterocycles. The Hall–Kier alpha value is -1.89. The second-order valence-corrected chi connectivity index (χ2v) is 6.32. The summed E-state index contributed by atoms with van der Waals surface area (Å²) in [6.45, 7) is 2.47. The summed E-state index contributed by atoms with van der Waals surface area (Å²) in [6.07, 6.45) is 0. The maximum atomic E-state index is 12.3. The molecule has 0 fully saturated rings. The van der Waals surface area contributed by atoms with Gasteiger partial charge in [0.2, 0.25) is 0 Å². The lowest BCUT2D eigenvalue weighted by atomic mass is 10.2. The molecule has 0 saturated carbocycles. The molecule has 2 amide bonds. The Balaban J connectivity index is 2.08. The predicted octanol–water partition coefficient (Wildman–Crippen LogP) is 2.99. The van der Waals surface area contributed by atoms with Crippen molar-refractivity contribution in [3.63, 3.8) is 0 Å². The summed E-state index contributed by atoms with van der Waals surface area (Å²) >= 11 is 7.31. The van der Waals surface area contributed by atoms with Crippen LogP contribution in [0.25, 0.3) is 0 Å². The summed E-state index contributed by atoms with van der Waals surface area (Å²) < 4.78 is 0. The van der Waals surface area contributed by atoms with Crippen LogP contribution in [0.5, 0.6) is 0 Å². The van der Waals surface area contributed by atoms with Crippen molar-refractivity contribution in [2.45, 2.75) is 13.0 Å². The largest absolute Gasteiger partial charge is 0.350 e. The van der Waals surface area contributed by atoms with Gasteiger partial charge >= 0.3 is 0 Å². The summed E-state index contributed by atoms with van der Waals surface area (Å²) in [5.41, 5.74) is 0.816. The van der Waals surface area contributed by atoms with Crippen molar-refractivity contribution in [1.82, 2.24) is 10.6 Å². The minimum atomic E-state index is -0.337. The molecule has 0 bridgehead atoms. The Morgan fingerprint density at radius 2 is 1.91 bits per heavy atom. The van der Waals surface area contributed by atoms with Crippen molar-refractivity contribution >= 4 is 39.8 Å². The number of anilines is 1. The lowest BCUT2D eigenvalue weighted by Gasteiger charge is -2.12. The molecule has 0 aliphatic rings. The van der Waals surface area contributed by atoms with Crippen LogP contribution in [0.1, 0.15) is 27.6 Å². The number of benzene rings is 1. The molecule has 0 radical (unpaired) electrons. The lowest BCUT2D eigenvalue weighted by molar-refractivity contribution is 0.0952. The van der Waals surface area contributed by atoms with E-state index in [-0.39, 0.29) is 17.9 Å². The Labute approximate surface area is 144 Å². The average Bonchev–Trinajstić information content (AvgIpc) is 3.00. The molecule has 2 rings (SSSR count). The molecule has 3 N–H and O–H groups in total. The second-order valence-electron chi connectivity index (χ2n) is 5.00. The highest BCUT2D eigenvalue weighted by Crippen LogP contribution is 2.25. The first-order valence-corrected chi connectivity index (χ1v) is 8.37. The molecule has 122 valence electrons. The quantitative estimate of drug-likeness (QED) is 0.749. The number of halogens is 1. The molecule has 2 aromatic rings. The first-order chi connectivity index (χ1) is 11.0. The van der Waals surface area contributed by atoms with Crippen molar-refractivity contribution in [2.24, 2.45) is 0 Å². The molecular weight excluding hydrogens is 334 g/mol. The zero-order chi connectivity index (χ0) is 16.8. The summed E-state index contributed by atoms with van der Waals surface area (Å²) in [4.78, 5) is 24.5. The van der Waals surface area contributed by atoms with Crippen molar-refractivity contribution in [3.8, 4) is 0 Å². The van der Waals surface area contributed by atoms with Gasteiger partial charge in [-0.3, -0.25) is 9.59 Å². The SMILES string of the molecule is CNC(C)CNC(=O)c1ccsc1NC(=O)c1ccccc1Cl. The highest BCUT2D eigenvalue weighted by Gasteiger charge is 2.17. The van der Waals surface area contributed by atoms with E-state index in [4.69, 9.17) is 11.6 Å². The van der Waals surface area contributed by atoms with Gasteiger partial charge in [-0.2, -0.15) is 0 Å². The fraction of sp³-hybridized carbons (Fsp3) is 0.250. The fourth-order valence-corrected chi connectivity index (χ4v) is 2.84. The number of carbonyl (C=O) groups excluding carboxylic acids is 2. The van der Waals surface area contributed by atoms with Gasteiger partial charge in [-0.15, -0.1) is 11.3 Å². The lowest BCUT2D eigenvalue weighted by Crippen LogP contribution is -2.37. The maximum absolute atomic E-state index is 12.3. The number of likely N-dealkylation sites (N-methyl/N-ethyl adjacent to an activating group) is 1. The van der Waals surface area contributed by atoms with E-state index in [1.165, 1.54) is 11.3 Å². The van der Waals surface area contributed by atoms with Crippen molar-refractivity contribution in [2.75, 3.05) is 18.9 Å². The molecule has 23 heavy (non-hydrogen) atoms. The maximum Gasteiger partial charge on any atom is 0.257 e. The van der Waals surface area contributed by atoms with Gasteiger partial charge in [0, 0.05) is 12.6 Å². The van der Waals surface area contributed by atoms with Crippen molar-refractivity contribution < 1.29 is 9.59 Å². The van der Waals surface area contributed by atoms with E-state index in [0.29, 0.717) is 27.7 Å². The van der Waals surface area contributed by atoms with Crippen molar-refractivity contribution in [3.05, 3.63) is 51.9 Å². The van der Waals surface area contributed by atoms with Gasteiger partial charge in [0.25, 0.3) is 11.8 Å². The third-order valence-corrected chi connectivity index (χ3v) is 4.48. The van der Waals surface area contributed by atoms with E-state index >= 15 is 0 Å². The van der Waals surface area contributed by atoms with Gasteiger partial charge in [-0.1, -0.05) is 23.7 Å². The van der Waals surface area contributed by atoms with E-state index in [1.54, 1.807) is 35.7 Å². The molecular formula is C16H18ClN3O2S. The summed E-state index contributed by atoms with van der Waals surface area (Å²) in [5, 5.41) is 11.3. The summed E-state index contributed by atoms with van der Waals surface area (Å²) in [6, 6.07) is 8.64. The fourth-order valence-electron chi connectivity index (χ4n) is 1.84. The number of hydrogen-bond donors (Lipinski definition) is 3.